The summed E-state index contributed by atoms with van der Waals surface area (Å²) in [5.41, 5.74) is -2.98. The third kappa shape index (κ3) is 3.58. The molecule has 4 rings (SSSR count). The number of allylic oxidation sites excluding steroid dienone is 1. The van der Waals surface area contributed by atoms with E-state index < -0.39 is 40.3 Å². The van der Waals surface area contributed by atoms with E-state index in [2.05, 4.69) is 13.8 Å². The fourth-order valence-electron chi connectivity index (χ4n) is 8.32. The van der Waals surface area contributed by atoms with Gasteiger partial charge >= 0.3 is 0 Å². The van der Waals surface area contributed by atoms with Crippen molar-refractivity contribution in [1.82, 2.24) is 0 Å². The van der Waals surface area contributed by atoms with Crippen LogP contribution in [-0.4, -0.2) is 60.8 Å². The first-order chi connectivity index (χ1) is 15.2. The summed E-state index contributed by atoms with van der Waals surface area (Å²) in [5, 5.41) is 55.4. The van der Waals surface area contributed by atoms with Gasteiger partial charge in [-0.05, 0) is 93.1 Å². The zero-order valence-corrected chi connectivity index (χ0v) is 20.9. The van der Waals surface area contributed by atoms with E-state index in [1.807, 2.05) is 13.8 Å². The van der Waals surface area contributed by atoms with Crippen LogP contribution in [0.1, 0.15) is 86.0 Å². The van der Waals surface area contributed by atoms with Crippen molar-refractivity contribution in [1.29, 1.82) is 0 Å². The summed E-state index contributed by atoms with van der Waals surface area (Å²) in [6.45, 7) is 9.96. The summed E-state index contributed by atoms with van der Waals surface area (Å²) in [5.74, 6) is -0.331. The molecule has 1 unspecified atom stereocenters. The lowest BCUT2D eigenvalue weighted by molar-refractivity contribution is -0.176. The van der Waals surface area contributed by atoms with Crippen molar-refractivity contribution in [2.75, 3.05) is 0 Å². The van der Waals surface area contributed by atoms with Crippen molar-refractivity contribution in [3.63, 3.8) is 0 Å². The number of aliphatic hydroxyl groups excluding tert-OH is 3. The van der Waals surface area contributed by atoms with Crippen molar-refractivity contribution in [3.8, 4) is 0 Å². The van der Waals surface area contributed by atoms with Crippen molar-refractivity contribution in [3.05, 3.63) is 11.6 Å². The van der Waals surface area contributed by atoms with E-state index in [9.17, 15) is 30.3 Å². The van der Waals surface area contributed by atoms with E-state index in [1.54, 1.807) is 13.0 Å². The highest BCUT2D eigenvalue weighted by atomic mass is 16.3. The summed E-state index contributed by atoms with van der Waals surface area (Å²) in [4.78, 5) is 13.2. The van der Waals surface area contributed by atoms with Gasteiger partial charge in [0.2, 0.25) is 0 Å². The van der Waals surface area contributed by atoms with Gasteiger partial charge in [0, 0.05) is 11.3 Å². The minimum absolute atomic E-state index is 0.0463. The Kier molecular flexibility index (Phi) is 6.23. The number of fused-ring (bicyclic) bond motifs is 5. The zero-order chi connectivity index (χ0) is 24.6. The van der Waals surface area contributed by atoms with Crippen LogP contribution in [0.5, 0.6) is 0 Å². The predicted molar refractivity (Wildman–Crippen MR) is 125 cm³/mol. The second-order valence-electron chi connectivity index (χ2n) is 12.8. The Bertz CT molecular complexity index is 819. The molecule has 3 saturated carbocycles. The second kappa shape index (κ2) is 8.12. The zero-order valence-electron chi connectivity index (χ0n) is 20.9. The number of hydrogen-bond donors (Lipinski definition) is 5. The largest absolute Gasteiger partial charge is 0.390 e. The highest BCUT2D eigenvalue weighted by Crippen LogP contribution is 2.68. The van der Waals surface area contributed by atoms with Gasteiger partial charge in [-0.3, -0.25) is 4.79 Å². The molecule has 33 heavy (non-hydrogen) atoms. The molecule has 10 atom stereocenters. The van der Waals surface area contributed by atoms with Gasteiger partial charge in [-0.2, -0.15) is 0 Å². The molecular weight excluding hydrogens is 420 g/mol. The lowest BCUT2D eigenvalue weighted by atomic mass is 9.45. The SMILES string of the molecule is CC(C)CC[C@@H](O)C(C)(O)[C@H]1CC[C@@]2(O)C3=CC(=O)[C@@H]4C[C@@H](O)[C@@H](O)C[C@]4(C)[C@H]3CC[C@]12C. The molecule has 0 aromatic carbocycles. The average molecular weight is 465 g/mol. The first-order valence-electron chi connectivity index (χ1n) is 12.9. The maximum absolute atomic E-state index is 13.2. The molecule has 0 aromatic heterocycles. The molecule has 5 N–H and O–H groups in total. The van der Waals surface area contributed by atoms with Crippen LogP contribution in [0, 0.1) is 34.5 Å². The molecule has 0 aromatic rings. The Hall–Kier alpha value is -0.790. The third-order valence-electron chi connectivity index (χ3n) is 10.5. The van der Waals surface area contributed by atoms with Gasteiger partial charge in [0.05, 0.1) is 29.5 Å². The molecule has 0 bridgehead atoms. The van der Waals surface area contributed by atoms with E-state index in [-0.39, 0.29) is 30.0 Å². The van der Waals surface area contributed by atoms with Crippen molar-refractivity contribution in [2.45, 2.75) is 115 Å². The molecule has 4 aliphatic carbocycles. The van der Waals surface area contributed by atoms with Crippen LogP contribution >= 0.6 is 0 Å². The molecule has 6 nitrogen and oxygen atoms in total. The lowest BCUT2D eigenvalue weighted by Crippen LogP contribution is -2.62. The summed E-state index contributed by atoms with van der Waals surface area (Å²) >= 11 is 0. The third-order valence-corrected chi connectivity index (χ3v) is 10.5. The van der Waals surface area contributed by atoms with Gasteiger partial charge in [-0.1, -0.05) is 27.7 Å². The van der Waals surface area contributed by atoms with Gasteiger partial charge in [0.25, 0.3) is 0 Å². The summed E-state index contributed by atoms with van der Waals surface area (Å²) in [6, 6.07) is 0. The Morgan fingerprint density at radius 3 is 2.39 bits per heavy atom. The minimum atomic E-state index is -1.34. The monoisotopic (exact) mass is 464 g/mol. The Balaban J connectivity index is 1.68. The van der Waals surface area contributed by atoms with Gasteiger partial charge in [0.15, 0.2) is 5.78 Å². The second-order valence-corrected chi connectivity index (χ2v) is 12.8. The fourth-order valence-corrected chi connectivity index (χ4v) is 8.32. The van der Waals surface area contributed by atoms with E-state index in [4.69, 9.17) is 0 Å². The molecule has 188 valence electrons. The van der Waals surface area contributed by atoms with Gasteiger partial charge in [0.1, 0.15) is 0 Å². The Morgan fingerprint density at radius 2 is 1.76 bits per heavy atom. The molecular formula is C27H44O6. The summed E-state index contributed by atoms with van der Waals surface area (Å²) < 4.78 is 0. The van der Waals surface area contributed by atoms with Crippen molar-refractivity contribution in [2.24, 2.45) is 34.5 Å². The number of aliphatic hydroxyl groups is 5. The van der Waals surface area contributed by atoms with Crippen LogP contribution < -0.4 is 0 Å². The smallest absolute Gasteiger partial charge is 0.159 e. The summed E-state index contributed by atoms with van der Waals surface area (Å²) in [7, 11) is 0. The number of carbonyl (C=O) groups excluding carboxylic acids is 1. The first-order valence-corrected chi connectivity index (χ1v) is 12.9. The number of ketones is 1. The normalized spacial score (nSPS) is 47.9. The van der Waals surface area contributed by atoms with E-state index in [1.165, 1.54) is 0 Å². The molecule has 0 heterocycles. The lowest BCUT2D eigenvalue weighted by Gasteiger charge is -2.60. The van der Waals surface area contributed by atoms with Crippen LogP contribution in [0.4, 0.5) is 0 Å². The molecule has 0 radical (unpaired) electrons. The van der Waals surface area contributed by atoms with E-state index in [0.717, 1.165) is 18.4 Å². The first kappa shape index (κ1) is 25.3. The van der Waals surface area contributed by atoms with Gasteiger partial charge < -0.3 is 25.5 Å². The minimum Gasteiger partial charge on any atom is -0.390 e. The topological polar surface area (TPSA) is 118 Å². The van der Waals surface area contributed by atoms with Crippen LogP contribution in [0.2, 0.25) is 0 Å². The van der Waals surface area contributed by atoms with Crippen LogP contribution in [-0.2, 0) is 4.79 Å². The van der Waals surface area contributed by atoms with E-state index in [0.29, 0.717) is 38.0 Å². The molecule has 4 aliphatic rings. The maximum Gasteiger partial charge on any atom is 0.159 e. The number of hydrogen-bond acceptors (Lipinski definition) is 6. The quantitative estimate of drug-likeness (QED) is 0.427. The van der Waals surface area contributed by atoms with Crippen LogP contribution in [0.25, 0.3) is 0 Å². The van der Waals surface area contributed by atoms with Crippen molar-refractivity contribution < 1.29 is 30.3 Å². The number of rotatable bonds is 5. The molecule has 0 amide bonds. The molecule has 6 heteroatoms. The molecule has 0 spiro atoms. The molecule has 3 fully saturated rings. The highest BCUT2D eigenvalue weighted by molar-refractivity contribution is 5.95. The van der Waals surface area contributed by atoms with Crippen molar-refractivity contribution >= 4 is 5.78 Å². The van der Waals surface area contributed by atoms with Gasteiger partial charge in [-0.25, -0.2) is 0 Å². The summed E-state index contributed by atoms with van der Waals surface area (Å²) in [6.07, 6.45) is 3.39. The Morgan fingerprint density at radius 1 is 1.09 bits per heavy atom. The van der Waals surface area contributed by atoms with E-state index >= 15 is 0 Å². The maximum atomic E-state index is 13.2. The predicted octanol–water partition coefficient (Wildman–Crippen LogP) is 2.74. The Labute approximate surface area is 198 Å². The average Bonchev–Trinajstić information content (AvgIpc) is 3.00. The highest BCUT2D eigenvalue weighted by Gasteiger charge is 2.69. The fraction of sp³-hybridized carbons (Fsp3) is 0.889. The van der Waals surface area contributed by atoms with Crippen LogP contribution in [0.15, 0.2) is 11.6 Å². The molecule has 0 aliphatic heterocycles. The van der Waals surface area contributed by atoms with Crippen LogP contribution in [0.3, 0.4) is 0 Å². The van der Waals surface area contributed by atoms with Gasteiger partial charge in [-0.15, -0.1) is 0 Å². The molecule has 0 saturated heterocycles. The number of carbonyl (C=O) groups is 1. The standard InChI is InChI=1S/C27H44O6/c1-15(2)6-7-23(31)26(5,32)22-9-11-27(33)17-12-19(28)18-13-20(29)21(30)14-24(18,3)16(17)8-10-25(22,27)4/h12,15-16,18,20-23,29-33H,6-11,13-14H2,1-5H3/t16-,18-,20+,21-,22-,23+,24+,25+,26?,27+/m0/s1.